The van der Waals surface area contributed by atoms with Crippen LogP contribution in [0.25, 0.3) is 33.2 Å². The average Bonchev–Trinajstić information content (AvgIpc) is 3.29. The summed E-state index contributed by atoms with van der Waals surface area (Å²) < 4.78 is 9.77. The number of carbonyl (C=O) groups is 1. The summed E-state index contributed by atoms with van der Waals surface area (Å²) in [4.78, 5) is 17.0. The number of carbonyl (C=O) groups excluding carboxylic acids is 1. The van der Waals surface area contributed by atoms with Gasteiger partial charge in [0.25, 0.3) is 0 Å². The third-order valence-corrected chi connectivity index (χ3v) is 6.67. The second-order valence-corrected chi connectivity index (χ2v) is 8.59. The molecule has 4 aromatic rings. The SMILES string of the molecule is CC(=O)c1ccc2c3ncc(-c4c(C)nnn4C)cc3n([C@H](C)C3CCOCC3)c2c1. The Bertz CT molecular complexity index is 1280. The highest BCUT2D eigenvalue weighted by Crippen LogP contribution is 2.38. The zero-order chi connectivity index (χ0) is 21.7. The molecule has 0 unspecified atom stereocenters. The lowest BCUT2D eigenvalue weighted by Gasteiger charge is -2.30. The van der Waals surface area contributed by atoms with Gasteiger partial charge in [-0.3, -0.25) is 9.78 Å². The molecule has 31 heavy (non-hydrogen) atoms. The van der Waals surface area contributed by atoms with Crippen molar-refractivity contribution in [3.63, 3.8) is 0 Å². The van der Waals surface area contributed by atoms with Gasteiger partial charge in [-0.05, 0) is 57.7 Å². The van der Waals surface area contributed by atoms with E-state index in [4.69, 9.17) is 9.72 Å². The summed E-state index contributed by atoms with van der Waals surface area (Å²) in [6.07, 6.45) is 3.97. The number of hydrogen-bond donors (Lipinski definition) is 0. The van der Waals surface area contributed by atoms with Gasteiger partial charge in [0.15, 0.2) is 5.78 Å². The van der Waals surface area contributed by atoms with E-state index in [1.165, 1.54) is 0 Å². The highest BCUT2D eigenvalue weighted by atomic mass is 16.5. The molecule has 5 rings (SSSR count). The molecule has 7 heteroatoms. The maximum Gasteiger partial charge on any atom is 0.159 e. The lowest BCUT2D eigenvalue weighted by molar-refractivity contribution is 0.0525. The molecule has 0 bridgehead atoms. The number of ether oxygens (including phenoxy) is 1. The molecule has 3 aromatic heterocycles. The number of rotatable bonds is 4. The molecular weight excluding hydrogens is 390 g/mol. The van der Waals surface area contributed by atoms with E-state index in [1.807, 2.05) is 38.4 Å². The predicted octanol–water partition coefficient (Wildman–Crippen LogP) is 4.48. The van der Waals surface area contributed by atoms with Crippen LogP contribution < -0.4 is 0 Å². The molecule has 7 nitrogen and oxygen atoms in total. The van der Waals surface area contributed by atoms with Crippen molar-refractivity contribution in [2.75, 3.05) is 13.2 Å². The van der Waals surface area contributed by atoms with Crippen molar-refractivity contribution < 1.29 is 9.53 Å². The first-order valence-electron chi connectivity index (χ1n) is 10.8. The van der Waals surface area contributed by atoms with Gasteiger partial charge in [-0.25, -0.2) is 4.68 Å². The highest BCUT2D eigenvalue weighted by molar-refractivity contribution is 6.09. The van der Waals surface area contributed by atoms with Crippen LogP contribution in [0.4, 0.5) is 0 Å². The largest absolute Gasteiger partial charge is 0.381 e. The molecule has 1 aliphatic heterocycles. The second-order valence-electron chi connectivity index (χ2n) is 8.59. The van der Waals surface area contributed by atoms with Gasteiger partial charge in [0.2, 0.25) is 0 Å². The van der Waals surface area contributed by atoms with Crippen molar-refractivity contribution in [3.8, 4) is 11.3 Å². The van der Waals surface area contributed by atoms with Crippen molar-refractivity contribution in [2.45, 2.75) is 39.7 Å². The Morgan fingerprint density at radius 2 is 1.97 bits per heavy atom. The molecule has 1 aliphatic rings. The summed E-state index contributed by atoms with van der Waals surface area (Å²) in [5.74, 6) is 0.583. The molecule has 0 N–H and O–H groups in total. The minimum Gasteiger partial charge on any atom is -0.381 e. The third-order valence-electron chi connectivity index (χ3n) is 6.67. The molecular formula is C24H27N5O2. The van der Waals surface area contributed by atoms with Gasteiger partial charge in [-0.2, -0.15) is 0 Å². The number of Topliss-reactive ketones (excluding diaryl/α,β-unsaturated/α-hetero) is 1. The Morgan fingerprint density at radius 3 is 2.65 bits per heavy atom. The fraction of sp³-hybridized carbons (Fsp3) is 0.417. The molecule has 0 saturated carbocycles. The zero-order valence-corrected chi connectivity index (χ0v) is 18.4. The molecule has 1 saturated heterocycles. The summed E-state index contributed by atoms with van der Waals surface area (Å²) in [5, 5.41) is 9.44. The molecule has 1 atom stereocenters. The number of pyridine rings is 1. The Balaban J connectivity index is 1.78. The maximum absolute atomic E-state index is 12.1. The van der Waals surface area contributed by atoms with Crippen LogP contribution in [0.2, 0.25) is 0 Å². The Morgan fingerprint density at radius 1 is 1.19 bits per heavy atom. The van der Waals surface area contributed by atoms with E-state index in [0.717, 1.165) is 70.5 Å². The van der Waals surface area contributed by atoms with Crippen LogP contribution in [0.15, 0.2) is 30.5 Å². The topological polar surface area (TPSA) is 74.8 Å². The molecule has 1 aromatic carbocycles. The average molecular weight is 418 g/mol. The number of fused-ring (bicyclic) bond motifs is 3. The molecule has 0 spiro atoms. The van der Waals surface area contributed by atoms with E-state index < -0.39 is 0 Å². The van der Waals surface area contributed by atoms with Crippen molar-refractivity contribution in [1.82, 2.24) is 24.5 Å². The van der Waals surface area contributed by atoms with Crippen LogP contribution in [0.5, 0.6) is 0 Å². The maximum atomic E-state index is 12.1. The first-order valence-corrected chi connectivity index (χ1v) is 10.8. The Hall–Kier alpha value is -3.06. The molecule has 0 aliphatic carbocycles. The molecule has 0 radical (unpaired) electrons. The fourth-order valence-corrected chi connectivity index (χ4v) is 4.96. The Kier molecular flexibility index (Phi) is 4.85. The molecule has 4 heterocycles. The van der Waals surface area contributed by atoms with Crippen LogP contribution in [0.1, 0.15) is 48.8 Å². The molecule has 160 valence electrons. The van der Waals surface area contributed by atoms with Gasteiger partial charge in [0, 0.05) is 49.0 Å². The van der Waals surface area contributed by atoms with Crippen molar-refractivity contribution >= 4 is 27.7 Å². The standard InChI is InChI=1S/C24H27N5O2/c1-14-24(28(4)27-26-14)19-12-22-23(25-13-19)20-6-5-18(16(3)30)11-21(20)29(22)15(2)17-7-9-31-10-8-17/h5-6,11-13,15,17H,7-10H2,1-4H3/t15-/m1/s1. The van der Waals surface area contributed by atoms with Gasteiger partial charge < -0.3 is 9.30 Å². The van der Waals surface area contributed by atoms with Gasteiger partial charge >= 0.3 is 0 Å². The molecule has 1 fully saturated rings. The third kappa shape index (κ3) is 3.24. The summed E-state index contributed by atoms with van der Waals surface area (Å²) >= 11 is 0. The van der Waals surface area contributed by atoms with E-state index in [1.54, 1.807) is 11.6 Å². The summed E-state index contributed by atoms with van der Waals surface area (Å²) in [7, 11) is 1.90. The summed E-state index contributed by atoms with van der Waals surface area (Å²) in [6.45, 7) is 7.46. The normalized spacial score (nSPS) is 16.3. The van der Waals surface area contributed by atoms with Gasteiger partial charge in [0.05, 0.1) is 27.9 Å². The Labute approximate surface area is 181 Å². The van der Waals surface area contributed by atoms with Crippen LogP contribution in [0, 0.1) is 12.8 Å². The smallest absolute Gasteiger partial charge is 0.159 e. The minimum absolute atomic E-state index is 0.0719. The second kappa shape index (κ2) is 7.57. The van der Waals surface area contributed by atoms with Crippen molar-refractivity contribution in [3.05, 3.63) is 41.7 Å². The van der Waals surface area contributed by atoms with Crippen molar-refractivity contribution in [2.24, 2.45) is 13.0 Å². The van der Waals surface area contributed by atoms with E-state index >= 15 is 0 Å². The lowest BCUT2D eigenvalue weighted by Crippen LogP contribution is -2.24. The van der Waals surface area contributed by atoms with E-state index in [9.17, 15) is 4.79 Å². The monoisotopic (exact) mass is 417 g/mol. The van der Waals surface area contributed by atoms with Gasteiger partial charge in [-0.1, -0.05) is 11.3 Å². The number of ketones is 1. The predicted molar refractivity (Wildman–Crippen MR) is 120 cm³/mol. The summed E-state index contributed by atoms with van der Waals surface area (Å²) in [5.41, 5.74) is 6.66. The van der Waals surface area contributed by atoms with Crippen LogP contribution in [-0.4, -0.2) is 43.5 Å². The fourth-order valence-electron chi connectivity index (χ4n) is 4.96. The first kappa shape index (κ1) is 19.9. The number of aryl methyl sites for hydroxylation is 2. The minimum atomic E-state index is 0.0719. The van der Waals surface area contributed by atoms with E-state index in [0.29, 0.717) is 5.92 Å². The van der Waals surface area contributed by atoms with Gasteiger partial charge in [-0.15, -0.1) is 5.10 Å². The summed E-state index contributed by atoms with van der Waals surface area (Å²) in [6, 6.07) is 8.40. The zero-order valence-electron chi connectivity index (χ0n) is 18.4. The quantitative estimate of drug-likeness (QED) is 0.458. The van der Waals surface area contributed by atoms with Gasteiger partial charge in [0.1, 0.15) is 0 Å². The molecule has 0 amide bonds. The van der Waals surface area contributed by atoms with Crippen LogP contribution >= 0.6 is 0 Å². The number of benzene rings is 1. The first-order chi connectivity index (χ1) is 15.0. The lowest BCUT2D eigenvalue weighted by atomic mass is 9.92. The number of hydrogen-bond acceptors (Lipinski definition) is 5. The van der Waals surface area contributed by atoms with Crippen LogP contribution in [0.3, 0.4) is 0 Å². The number of nitrogens with zero attached hydrogens (tertiary/aromatic N) is 5. The van der Waals surface area contributed by atoms with Crippen LogP contribution in [-0.2, 0) is 11.8 Å². The van der Waals surface area contributed by atoms with E-state index in [-0.39, 0.29) is 11.8 Å². The highest BCUT2D eigenvalue weighted by Gasteiger charge is 2.26. The van der Waals surface area contributed by atoms with E-state index in [2.05, 4.69) is 27.9 Å². The van der Waals surface area contributed by atoms with Crippen molar-refractivity contribution in [1.29, 1.82) is 0 Å². The number of aromatic nitrogens is 5.